The summed E-state index contributed by atoms with van der Waals surface area (Å²) < 4.78 is 26.8. The third-order valence-electron chi connectivity index (χ3n) is 2.59. The Bertz CT molecular complexity index is 696. The molecule has 0 spiro atoms. The van der Waals surface area contributed by atoms with E-state index in [1.54, 1.807) is 17.6 Å². The lowest BCUT2D eigenvalue weighted by atomic mass is 10.2. The molecule has 1 aromatic heterocycles. The summed E-state index contributed by atoms with van der Waals surface area (Å²) in [6, 6.07) is 6.26. The van der Waals surface area contributed by atoms with Gasteiger partial charge in [-0.3, -0.25) is 0 Å². The summed E-state index contributed by atoms with van der Waals surface area (Å²) in [7, 11) is -3.56. The smallest absolute Gasteiger partial charge is 0.240 e. The van der Waals surface area contributed by atoms with E-state index < -0.39 is 10.0 Å². The highest BCUT2D eigenvalue weighted by atomic mass is 32.2. The Morgan fingerprint density at radius 2 is 2.25 bits per heavy atom. The number of thiocarbonyl (C=S) groups is 1. The van der Waals surface area contributed by atoms with Crippen molar-refractivity contribution in [3.63, 3.8) is 0 Å². The second-order valence-electron chi connectivity index (χ2n) is 4.02. The number of thiazole rings is 1. The maximum Gasteiger partial charge on any atom is 0.240 e. The third kappa shape index (κ3) is 3.83. The van der Waals surface area contributed by atoms with Crippen molar-refractivity contribution < 1.29 is 8.42 Å². The zero-order valence-corrected chi connectivity index (χ0v) is 12.9. The van der Waals surface area contributed by atoms with E-state index in [2.05, 4.69) is 9.71 Å². The Kier molecular flexibility index (Phi) is 4.81. The van der Waals surface area contributed by atoms with Gasteiger partial charge in [0, 0.05) is 23.9 Å². The van der Waals surface area contributed by atoms with E-state index in [0.717, 1.165) is 5.69 Å². The van der Waals surface area contributed by atoms with E-state index >= 15 is 0 Å². The zero-order chi connectivity index (χ0) is 14.6. The number of aromatic nitrogens is 1. The normalized spacial score (nSPS) is 11.4. The van der Waals surface area contributed by atoms with Crippen LogP contribution in [-0.4, -0.2) is 24.9 Å². The second-order valence-corrected chi connectivity index (χ2v) is 6.95. The molecule has 106 valence electrons. The van der Waals surface area contributed by atoms with Crippen LogP contribution in [0.4, 0.5) is 0 Å². The molecule has 0 fully saturated rings. The highest BCUT2D eigenvalue weighted by Crippen LogP contribution is 2.11. The maximum atomic E-state index is 12.1. The number of nitrogens with one attached hydrogen (secondary N) is 1. The average Bonchev–Trinajstić information content (AvgIpc) is 2.92. The summed E-state index contributed by atoms with van der Waals surface area (Å²) in [5.41, 5.74) is 8.62. The SMILES string of the molecule is NC(=S)c1cccc(S(=O)(=O)NCCc2cscn2)c1. The lowest BCUT2D eigenvalue weighted by Crippen LogP contribution is -2.26. The number of nitrogens with zero attached hydrogens (tertiary/aromatic N) is 1. The van der Waals surface area contributed by atoms with Gasteiger partial charge in [-0.15, -0.1) is 11.3 Å². The van der Waals surface area contributed by atoms with Crippen LogP contribution in [0.15, 0.2) is 40.1 Å². The molecule has 0 radical (unpaired) electrons. The number of hydrogen-bond donors (Lipinski definition) is 2. The Morgan fingerprint density at radius 1 is 1.45 bits per heavy atom. The highest BCUT2D eigenvalue weighted by molar-refractivity contribution is 7.89. The molecule has 0 atom stereocenters. The fourth-order valence-corrected chi connectivity index (χ4v) is 3.37. The molecule has 1 aromatic carbocycles. The van der Waals surface area contributed by atoms with Crippen molar-refractivity contribution in [2.24, 2.45) is 5.73 Å². The van der Waals surface area contributed by atoms with Crippen LogP contribution in [0.3, 0.4) is 0 Å². The van der Waals surface area contributed by atoms with Gasteiger partial charge in [0.05, 0.1) is 16.1 Å². The molecule has 0 aliphatic heterocycles. The summed E-state index contributed by atoms with van der Waals surface area (Å²) in [6.45, 7) is 0.295. The quantitative estimate of drug-likeness (QED) is 0.781. The maximum absolute atomic E-state index is 12.1. The predicted molar refractivity (Wildman–Crippen MR) is 83.3 cm³/mol. The molecule has 0 saturated heterocycles. The summed E-state index contributed by atoms with van der Waals surface area (Å²) in [6.07, 6.45) is 0.553. The molecule has 5 nitrogen and oxygen atoms in total. The van der Waals surface area contributed by atoms with Crippen LogP contribution >= 0.6 is 23.6 Å². The van der Waals surface area contributed by atoms with Crippen molar-refractivity contribution in [1.29, 1.82) is 0 Å². The Hall–Kier alpha value is -1.35. The molecule has 2 aromatic rings. The minimum atomic E-state index is -3.56. The number of rotatable bonds is 6. The predicted octanol–water partition coefficient (Wildman–Crippen LogP) is 1.30. The summed E-state index contributed by atoms with van der Waals surface area (Å²) >= 11 is 6.32. The van der Waals surface area contributed by atoms with Gasteiger partial charge < -0.3 is 5.73 Å². The van der Waals surface area contributed by atoms with Crippen LogP contribution in [0.25, 0.3) is 0 Å². The van der Waals surface area contributed by atoms with Gasteiger partial charge in [0.2, 0.25) is 10.0 Å². The van der Waals surface area contributed by atoms with Crippen molar-refractivity contribution >= 4 is 38.6 Å². The molecule has 8 heteroatoms. The van der Waals surface area contributed by atoms with Crippen LogP contribution < -0.4 is 10.5 Å². The molecule has 3 N–H and O–H groups in total. The van der Waals surface area contributed by atoms with Crippen LogP contribution in [0, 0.1) is 0 Å². The molecule has 0 aliphatic carbocycles. The standard InChI is InChI=1S/C12H13N3O2S3/c13-12(18)9-2-1-3-11(6-9)20(16,17)15-5-4-10-7-19-8-14-10/h1-3,6-8,15H,4-5H2,(H2,13,18). The molecule has 0 amide bonds. The number of hydrogen-bond acceptors (Lipinski definition) is 5. The molecule has 1 heterocycles. The molecule has 0 saturated carbocycles. The lowest BCUT2D eigenvalue weighted by molar-refractivity contribution is 0.581. The molecule has 20 heavy (non-hydrogen) atoms. The first-order chi connectivity index (χ1) is 9.49. The summed E-state index contributed by atoms with van der Waals surface area (Å²) in [5.74, 6) is 0. The zero-order valence-electron chi connectivity index (χ0n) is 10.4. The highest BCUT2D eigenvalue weighted by Gasteiger charge is 2.14. The van der Waals surface area contributed by atoms with Gasteiger partial charge in [0.15, 0.2) is 0 Å². The van der Waals surface area contributed by atoms with Gasteiger partial charge in [0.25, 0.3) is 0 Å². The van der Waals surface area contributed by atoms with E-state index in [-0.39, 0.29) is 9.88 Å². The van der Waals surface area contributed by atoms with Crippen LogP contribution in [0.1, 0.15) is 11.3 Å². The molecular weight excluding hydrogens is 314 g/mol. The number of benzene rings is 1. The number of sulfonamides is 1. The fraction of sp³-hybridized carbons (Fsp3) is 0.167. The van der Waals surface area contributed by atoms with Gasteiger partial charge in [0.1, 0.15) is 4.99 Å². The van der Waals surface area contributed by atoms with Crippen molar-refractivity contribution in [3.8, 4) is 0 Å². The Labute approximate surface area is 126 Å². The number of nitrogens with two attached hydrogens (primary N) is 1. The van der Waals surface area contributed by atoms with Crippen molar-refractivity contribution in [1.82, 2.24) is 9.71 Å². The summed E-state index contributed by atoms with van der Waals surface area (Å²) in [4.78, 5) is 4.42. The van der Waals surface area contributed by atoms with E-state index in [4.69, 9.17) is 18.0 Å². The van der Waals surface area contributed by atoms with Crippen LogP contribution in [0.2, 0.25) is 0 Å². The largest absolute Gasteiger partial charge is 0.389 e. The minimum Gasteiger partial charge on any atom is -0.389 e. The van der Waals surface area contributed by atoms with Crippen molar-refractivity contribution in [2.45, 2.75) is 11.3 Å². The minimum absolute atomic E-state index is 0.154. The third-order valence-corrected chi connectivity index (χ3v) is 4.92. The van der Waals surface area contributed by atoms with Gasteiger partial charge in [-0.05, 0) is 12.1 Å². The first-order valence-electron chi connectivity index (χ1n) is 5.75. The topological polar surface area (TPSA) is 85.1 Å². The van der Waals surface area contributed by atoms with E-state index in [1.807, 2.05) is 5.38 Å². The monoisotopic (exact) mass is 327 g/mol. The first kappa shape index (κ1) is 15.0. The molecular formula is C12H13N3O2S3. The van der Waals surface area contributed by atoms with Crippen molar-refractivity contribution in [3.05, 3.63) is 46.4 Å². The van der Waals surface area contributed by atoms with E-state index in [0.29, 0.717) is 18.5 Å². The van der Waals surface area contributed by atoms with E-state index in [9.17, 15) is 8.42 Å². The summed E-state index contributed by atoms with van der Waals surface area (Å²) in [5, 5.41) is 1.89. The molecule has 2 rings (SSSR count). The van der Waals surface area contributed by atoms with Gasteiger partial charge in [-0.1, -0.05) is 24.4 Å². The fourth-order valence-electron chi connectivity index (χ4n) is 1.57. The van der Waals surface area contributed by atoms with Gasteiger partial charge in [-0.25, -0.2) is 18.1 Å². The first-order valence-corrected chi connectivity index (χ1v) is 8.59. The van der Waals surface area contributed by atoms with Gasteiger partial charge >= 0.3 is 0 Å². The van der Waals surface area contributed by atoms with E-state index in [1.165, 1.54) is 23.5 Å². The van der Waals surface area contributed by atoms with Crippen molar-refractivity contribution in [2.75, 3.05) is 6.54 Å². The Balaban J connectivity index is 2.06. The Morgan fingerprint density at radius 3 is 2.90 bits per heavy atom. The van der Waals surface area contributed by atoms with Crippen LogP contribution in [-0.2, 0) is 16.4 Å². The molecule has 0 bridgehead atoms. The average molecular weight is 327 g/mol. The second kappa shape index (κ2) is 6.40. The molecule has 0 unspecified atom stereocenters. The van der Waals surface area contributed by atoms with Gasteiger partial charge in [-0.2, -0.15) is 0 Å². The lowest BCUT2D eigenvalue weighted by Gasteiger charge is -2.07. The van der Waals surface area contributed by atoms with Crippen LogP contribution in [0.5, 0.6) is 0 Å². The molecule has 0 aliphatic rings.